The third kappa shape index (κ3) is 14.6. The zero-order valence-corrected chi connectivity index (χ0v) is 20.5. The van der Waals surface area contributed by atoms with Crippen molar-refractivity contribution in [3.05, 3.63) is 24.3 Å². The largest absolute Gasteiger partial charge is 0.461 e. The zero-order valence-electron chi connectivity index (χ0n) is 20.5. The minimum absolute atomic E-state index is 0.0381. The number of carbonyl (C=O) groups excluding carboxylic acids is 1. The van der Waals surface area contributed by atoms with E-state index in [1.165, 1.54) is 77.0 Å². The number of aliphatic hydroxyl groups is 1. The van der Waals surface area contributed by atoms with Gasteiger partial charge in [-0.05, 0) is 44.9 Å². The molecule has 1 N–H and O–H groups in total. The molecule has 0 amide bonds. The molecule has 1 rings (SSSR count). The van der Waals surface area contributed by atoms with Gasteiger partial charge in [0.1, 0.15) is 6.10 Å². The van der Waals surface area contributed by atoms with Crippen LogP contribution in [0.4, 0.5) is 0 Å². The van der Waals surface area contributed by atoms with Crippen LogP contribution in [-0.2, 0) is 9.53 Å². The molecule has 1 saturated heterocycles. The normalized spacial score (nSPS) is 19.8. The monoisotopic (exact) mass is 434 g/mol. The van der Waals surface area contributed by atoms with Crippen LogP contribution in [0.15, 0.2) is 24.3 Å². The van der Waals surface area contributed by atoms with Crippen molar-refractivity contribution >= 4 is 5.97 Å². The molecule has 0 radical (unpaired) electrons. The van der Waals surface area contributed by atoms with E-state index in [1.807, 2.05) is 0 Å². The van der Waals surface area contributed by atoms with Gasteiger partial charge in [0.05, 0.1) is 12.0 Å². The summed E-state index contributed by atoms with van der Waals surface area (Å²) in [6.07, 6.45) is 29.5. The number of esters is 1. The van der Waals surface area contributed by atoms with Crippen LogP contribution in [0.5, 0.6) is 0 Å². The first-order valence-electron chi connectivity index (χ1n) is 13.4. The highest BCUT2D eigenvalue weighted by molar-refractivity contribution is 5.78. The number of rotatable bonds is 21. The van der Waals surface area contributed by atoms with Crippen molar-refractivity contribution in [2.45, 2.75) is 142 Å². The fourth-order valence-electron chi connectivity index (χ4n) is 4.28. The molecule has 3 heteroatoms. The minimum atomic E-state index is -0.325. The Morgan fingerprint density at radius 3 is 2.06 bits per heavy atom. The molecular weight excluding hydrogens is 384 g/mol. The highest BCUT2D eigenvalue weighted by Gasteiger charge is 2.42. The molecule has 1 unspecified atom stereocenters. The van der Waals surface area contributed by atoms with E-state index >= 15 is 0 Å². The van der Waals surface area contributed by atoms with Crippen molar-refractivity contribution < 1.29 is 14.6 Å². The Kier molecular flexibility index (Phi) is 17.7. The number of ether oxygens (including phenoxy) is 1. The van der Waals surface area contributed by atoms with Crippen LogP contribution >= 0.6 is 0 Å². The first-order chi connectivity index (χ1) is 15.2. The van der Waals surface area contributed by atoms with Gasteiger partial charge in [-0.2, -0.15) is 0 Å². The van der Waals surface area contributed by atoms with Crippen LogP contribution < -0.4 is 0 Å². The van der Waals surface area contributed by atoms with Gasteiger partial charge in [-0.25, -0.2) is 0 Å². The molecule has 3 atom stereocenters. The van der Waals surface area contributed by atoms with E-state index in [1.54, 1.807) is 0 Å². The fourth-order valence-corrected chi connectivity index (χ4v) is 4.28. The summed E-state index contributed by atoms with van der Waals surface area (Å²) < 4.78 is 5.30. The van der Waals surface area contributed by atoms with E-state index in [-0.39, 0.29) is 24.1 Å². The number of hydrogen-bond acceptors (Lipinski definition) is 3. The van der Waals surface area contributed by atoms with Crippen LogP contribution in [0.2, 0.25) is 0 Å². The predicted octanol–water partition coefficient (Wildman–Crippen LogP) is 8.06. The van der Waals surface area contributed by atoms with E-state index in [4.69, 9.17) is 4.74 Å². The van der Waals surface area contributed by atoms with E-state index in [9.17, 15) is 9.90 Å². The summed E-state index contributed by atoms with van der Waals surface area (Å²) >= 11 is 0. The summed E-state index contributed by atoms with van der Waals surface area (Å²) in [5.41, 5.74) is 0. The highest BCUT2D eigenvalue weighted by atomic mass is 16.6. The molecule has 0 aliphatic carbocycles. The lowest BCUT2D eigenvalue weighted by atomic mass is 9.86. The molecule has 0 saturated carbocycles. The second-order valence-electron chi connectivity index (χ2n) is 9.34. The van der Waals surface area contributed by atoms with Gasteiger partial charge >= 0.3 is 5.97 Å². The maximum atomic E-state index is 11.7. The van der Waals surface area contributed by atoms with Gasteiger partial charge in [-0.1, -0.05) is 102 Å². The first-order valence-corrected chi connectivity index (χ1v) is 13.4. The Balaban J connectivity index is 1.92. The lowest BCUT2D eigenvalue weighted by Gasteiger charge is -2.36. The van der Waals surface area contributed by atoms with Gasteiger partial charge in [-0.15, -0.1) is 0 Å². The summed E-state index contributed by atoms with van der Waals surface area (Å²) in [6, 6.07) is 0. The van der Waals surface area contributed by atoms with E-state index in [0.29, 0.717) is 6.42 Å². The third-order valence-corrected chi connectivity index (χ3v) is 6.38. The van der Waals surface area contributed by atoms with E-state index in [0.717, 1.165) is 32.1 Å². The molecule has 0 spiro atoms. The molecule has 0 aromatic rings. The number of allylic oxidation sites excluding steroid dienone is 4. The van der Waals surface area contributed by atoms with Crippen LogP contribution in [0.1, 0.15) is 129 Å². The van der Waals surface area contributed by atoms with Crippen molar-refractivity contribution in [3.8, 4) is 0 Å². The van der Waals surface area contributed by atoms with Crippen LogP contribution in [0.3, 0.4) is 0 Å². The van der Waals surface area contributed by atoms with Gasteiger partial charge in [0.15, 0.2) is 0 Å². The van der Waals surface area contributed by atoms with Crippen molar-refractivity contribution in [2.24, 2.45) is 5.92 Å². The molecular formula is C28H50O3. The third-order valence-electron chi connectivity index (χ3n) is 6.38. The summed E-state index contributed by atoms with van der Waals surface area (Å²) in [7, 11) is 0. The Hall–Kier alpha value is -1.09. The van der Waals surface area contributed by atoms with Gasteiger partial charge < -0.3 is 9.84 Å². The summed E-state index contributed by atoms with van der Waals surface area (Å²) in [5, 5.41) is 10.3. The molecule has 1 heterocycles. The Labute approximate surface area is 192 Å². The smallest absolute Gasteiger partial charge is 0.313 e. The molecule has 1 aliphatic rings. The second kappa shape index (κ2) is 19.6. The predicted molar refractivity (Wildman–Crippen MR) is 132 cm³/mol. The fraction of sp³-hybridized carbons (Fsp3) is 0.821. The van der Waals surface area contributed by atoms with Gasteiger partial charge in [0, 0.05) is 6.42 Å². The number of unbranched alkanes of at least 4 members (excludes halogenated alkanes) is 11. The zero-order chi connectivity index (χ0) is 22.6. The summed E-state index contributed by atoms with van der Waals surface area (Å²) in [4.78, 5) is 11.7. The van der Waals surface area contributed by atoms with Crippen molar-refractivity contribution in [2.75, 3.05) is 0 Å². The minimum Gasteiger partial charge on any atom is -0.461 e. The van der Waals surface area contributed by atoms with E-state index in [2.05, 4.69) is 38.2 Å². The second-order valence-corrected chi connectivity index (χ2v) is 9.34. The van der Waals surface area contributed by atoms with E-state index < -0.39 is 0 Å². The number of cyclic esters (lactones) is 1. The Morgan fingerprint density at radius 2 is 1.39 bits per heavy atom. The molecule has 3 nitrogen and oxygen atoms in total. The lowest BCUT2D eigenvalue weighted by Crippen LogP contribution is -2.46. The van der Waals surface area contributed by atoms with Crippen LogP contribution in [0, 0.1) is 5.92 Å². The Bertz CT molecular complexity index is 483. The molecule has 0 aromatic heterocycles. The number of carbonyl (C=O) groups is 1. The van der Waals surface area contributed by atoms with Gasteiger partial charge in [0.2, 0.25) is 0 Å². The van der Waals surface area contributed by atoms with Gasteiger partial charge in [0.25, 0.3) is 0 Å². The van der Waals surface area contributed by atoms with Crippen molar-refractivity contribution in [1.29, 1.82) is 0 Å². The lowest BCUT2D eigenvalue weighted by molar-refractivity contribution is -0.188. The van der Waals surface area contributed by atoms with Crippen LogP contribution in [0.25, 0.3) is 0 Å². The van der Waals surface area contributed by atoms with Gasteiger partial charge in [-0.3, -0.25) is 4.79 Å². The quantitative estimate of drug-likeness (QED) is 0.113. The van der Waals surface area contributed by atoms with Crippen LogP contribution in [-0.4, -0.2) is 23.3 Å². The van der Waals surface area contributed by atoms with Crippen molar-refractivity contribution in [1.82, 2.24) is 0 Å². The maximum Gasteiger partial charge on any atom is 0.313 e. The van der Waals surface area contributed by atoms with Crippen molar-refractivity contribution in [3.63, 3.8) is 0 Å². The molecule has 180 valence electrons. The summed E-state index contributed by atoms with van der Waals surface area (Å²) in [6.45, 7) is 4.44. The highest BCUT2D eigenvalue weighted by Crippen LogP contribution is 2.31. The average Bonchev–Trinajstić information content (AvgIpc) is 2.76. The topological polar surface area (TPSA) is 46.5 Å². The standard InChI is InChI=1S/C28H50O3/c1-3-5-7-9-10-11-12-13-14-15-16-17-18-19-20-22-25(29)24-27-26(28(30)31-27)23-21-8-6-4-2/h10-11,13-14,25-27,29H,3-9,12,15-24H2,1-2H3/b11-10-,14-13-/t25?,26-,27+/m1/s1. The molecule has 31 heavy (non-hydrogen) atoms. The number of hydrogen-bond donors (Lipinski definition) is 1. The summed E-state index contributed by atoms with van der Waals surface area (Å²) in [5.74, 6) is -0.0122. The molecule has 1 aliphatic heterocycles. The molecule has 0 aromatic carbocycles. The maximum absolute atomic E-state index is 11.7. The first kappa shape index (κ1) is 27.9. The number of aliphatic hydroxyl groups excluding tert-OH is 1. The average molecular weight is 435 g/mol. The molecule has 0 bridgehead atoms. The molecule has 1 fully saturated rings. The SMILES string of the molecule is CCCCC/C=C\C/C=C\CCCCCCCC(O)C[C@@H]1OC(=O)[C@@H]1CCCCCC. The Morgan fingerprint density at radius 1 is 0.806 bits per heavy atom.